The molecule has 0 bridgehead atoms. The summed E-state index contributed by atoms with van der Waals surface area (Å²) in [5.74, 6) is 0.717. The van der Waals surface area contributed by atoms with Crippen molar-refractivity contribution in [1.82, 2.24) is 5.32 Å². The summed E-state index contributed by atoms with van der Waals surface area (Å²) in [7, 11) is 0. The van der Waals surface area contributed by atoms with Crippen LogP contribution in [0.2, 0.25) is 0 Å². The molecular formula is C14H21NO. The maximum Gasteiger partial charge on any atom is 0.0584 e. The molecule has 1 aromatic rings. The largest absolute Gasteiger partial charge is 0.395 e. The topological polar surface area (TPSA) is 32.3 Å². The van der Waals surface area contributed by atoms with E-state index in [4.69, 9.17) is 5.11 Å². The molecule has 1 aliphatic rings. The lowest BCUT2D eigenvalue weighted by atomic mass is 9.75. The van der Waals surface area contributed by atoms with Crippen molar-refractivity contribution in [3.63, 3.8) is 0 Å². The van der Waals surface area contributed by atoms with Gasteiger partial charge >= 0.3 is 0 Å². The Bertz CT molecular complexity index is 302. The van der Waals surface area contributed by atoms with Crippen molar-refractivity contribution >= 4 is 0 Å². The smallest absolute Gasteiger partial charge is 0.0584 e. The van der Waals surface area contributed by atoms with Gasteiger partial charge in [-0.25, -0.2) is 0 Å². The van der Waals surface area contributed by atoms with Crippen molar-refractivity contribution in [2.45, 2.75) is 44.2 Å². The summed E-state index contributed by atoms with van der Waals surface area (Å²) in [6, 6.07) is 11.6. The van der Waals surface area contributed by atoms with Gasteiger partial charge in [-0.1, -0.05) is 37.3 Å². The van der Waals surface area contributed by atoms with Crippen LogP contribution in [0.1, 0.15) is 37.7 Å². The van der Waals surface area contributed by atoms with E-state index in [0.717, 1.165) is 12.3 Å². The average molecular weight is 219 g/mol. The molecule has 1 saturated carbocycles. The third-order valence-electron chi connectivity index (χ3n) is 3.59. The van der Waals surface area contributed by atoms with Gasteiger partial charge in [-0.15, -0.1) is 0 Å². The predicted molar refractivity (Wildman–Crippen MR) is 66.5 cm³/mol. The fourth-order valence-corrected chi connectivity index (χ4v) is 2.38. The molecule has 2 nitrogen and oxygen atoms in total. The van der Waals surface area contributed by atoms with Gasteiger partial charge < -0.3 is 10.4 Å². The van der Waals surface area contributed by atoms with Gasteiger partial charge in [-0.3, -0.25) is 0 Å². The third kappa shape index (κ3) is 2.63. The zero-order valence-corrected chi connectivity index (χ0v) is 9.89. The first-order chi connectivity index (χ1) is 7.83. The molecular weight excluding hydrogens is 198 g/mol. The molecule has 16 heavy (non-hydrogen) atoms. The van der Waals surface area contributed by atoms with E-state index in [1.165, 1.54) is 18.4 Å². The molecule has 0 heterocycles. The molecule has 0 aromatic heterocycles. The number of benzene rings is 1. The van der Waals surface area contributed by atoms with Gasteiger partial charge in [0.1, 0.15) is 0 Å². The number of aliphatic hydroxyl groups excluding tert-OH is 1. The Morgan fingerprint density at radius 3 is 2.56 bits per heavy atom. The highest BCUT2D eigenvalue weighted by atomic mass is 16.3. The van der Waals surface area contributed by atoms with Crippen molar-refractivity contribution in [3.8, 4) is 0 Å². The lowest BCUT2D eigenvalue weighted by Gasteiger charge is -2.38. The summed E-state index contributed by atoms with van der Waals surface area (Å²) >= 11 is 0. The maximum atomic E-state index is 9.11. The molecule has 2 rings (SSSR count). The van der Waals surface area contributed by atoms with Crippen LogP contribution in [0.5, 0.6) is 0 Å². The van der Waals surface area contributed by atoms with Crippen LogP contribution in [0, 0.1) is 0 Å². The quantitative estimate of drug-likeness (QED) is 0.796. The Labute approximate surface area is 97.7 Å². The number of nitrogens with one attached hydrogen (secondary N) is 1. The van der Waals surface area contributed by atoms with Crippen LogP contribution in [0.4, 0.5) is 0 Å². The van der Waals surface area contributed by atoms with E-state index in [2.05, 4.69) is 42.6 Å². The molecule has 0 aliphatic heterocycles. The SMILES string of the molecule is CCC(CO)NC1CC(c2ccccc2)C1. The Balaban J connectivity index is 1.78. The highest BCUT2D eigenvalue weighted by molar-refractivity contribution is 5.22. The van der Waals surface area contributed by atoms with E-state index in [-0.39, 0.29) is 12.6 Å². The molecule has 1 aromatic carbocycles. The Hall–Kier alpha value is -0.860. The van der Waals surface area contributed by atoms with Crippen molar-refractivity contribution < 1.29 is 5.11 Å². The van der Waals surface area contributed by atoms with E-state index < -0.39 is 0 Å². The second-order valence-corrected chi connectivity index (χ2v) is 4.73. The lowest BCUT2D eigenvalue weighted by Crippen LogP contribution is -2.46. The Kier molecular flexibility index (Phi) is 3.97. The van der Waals surface area contributed by atoms with E-state index in [1.54, 1.807) is 0 Å². The molecule has 0 spiro atoms. The fourth-order valence-electron chi connectivity index (χ4n) is 2.38. The van der Waals surface area contributed by atoms with E-state index in [0.29, 0.717) is 6.04 Å². The second-order valence-electron chi connectivity index (χ2n) is 4.73. The average Bonchev–Trinajstić information content (AvgIpc) is 2.29. The van der Waals surface area contributed by atoms with E-state index in [1.807, 2.05) is 0 Å². The second kappa shape index (κ2) is 5.46. The van der Waals surface area contributed by atoms with Gasteiger partial charge in [-0.05, 0) is 30.7 Å². The van der Waals surface area contributed by atoms with Crippen LogP contribution in [-0.2, 0) is 0 Å². The Morgan fingerprint density at radius 1 is 1.31 bits per heavy atom. The highest BCUT2D eigenvalue weighted by Gasteiger charge is 2.30. The van der Waals surface area contributed by atoms with Gasteiger partial charge in [0.25, 0.3) is 0 Å². The molecule has 1 fully saturated rings. The lowest BCUT2D eigenvalue weighted by molar-refractivity contribution is 0.193. The zero-order chi connectivity index (χ0) is 11.4. The van der Waals surface area contributed by atoms with E-state index >= 15 is 0 Å². The maximum absolute atomic E-state index is 9.11. The van der Waals surface area contributed by atoms with Gasteiger partial charge in [0, 0.05) is 12.1 Å². The summed E-state index contributed by atoms with van der Waals surface area (Å²) in [5, 5.41) is 12.6. The monoisotopic (exact) mass is 219 g/mol. The number of hydrogen-bond donors (Lipinski definition) is 2. The molecule has 0 saturated heterocycles. The van der Waals surface area contributed by atoms with Crippen LogP contribution in [0.3, 0.4) is 0 Å². The molecule has 0 radical (unpaired) electrons. The first kappa shape index (κ1) is 11.6. The molecule has 1 atom stereocenters. The highest BCUT2D eigenvalue weighted by Crippen LogP contribution is 2.36. The minimum atomic E-state index is 0.253. The van der Waals surface area contributed by atoms with Gasteiger partial charge in [0.05, 0.1) is 6.61 Å². The summed E-state index contributed by atoms with van der Waals surface area (Å²) in [6.45, 7) is 2.37. The van der Waals surface area contributed by atoms with Gasteiger partial charge in [0.2, 0.25) is 0 Å². The zero-order valence-electron chi connectivity index (χ0n) is 9.89. The molecule has 2 N–H and O–H groups in total. The van der Waals surface area contributed by atoms with Crippen LogP contribution in [-0.4, -0.2) is 23.8 Å². The summed E-state index contributed by atoms with van der Waals surface area (Å²) < 4.78 is 0. The Morgan fingerprint density at radius 2 is 2.00 bits per heavy atom. The molecule has 88 valence electrons. The minimum absolute atomic E-state index is 0.253. The van der Waals surface area contributed by atoms with Crippen LogP contribution in [0.25, 0.3) is 0 Å². The minimum Gasteiger partial charge on any atom is -0.395 e. The summed E-state index contributed by atoms with van der Waals surface area (Å²) in [6.07, 6.45) is 3.42. The molecule has 1 aliphatic carbocycles. The molecule has 0 amide bonds. The van der Waals surface area contributed by atoms with Crippen LogP contribution in [0.15, 0.2) is 30.3 Å². The predicted octanol–water partition coefficient (Wildman–Crippen LogP) is 2.29. The molecule has 2 heteroatoms. The van der Waals surface area contributed by atoms with Gasteiger partial charge in [-0.2, -0.15) is 0 Å². The standard InChI is InChI=1S/C14H21NO/c1-2-13(10-16)15-14-8-12(9-14)11-6-4-3-5-7-11/h3-7,12-16H,2,8-10H2,1H3. The number of hydrogen-bond acceptors (Lipinski definition) is 2. The number of aliphatic hydroxyl groups is 1. The number of rotatable bonds is 5. The van der Waals surface area contributed by atoms with Crippen LogP contribution >= 0.6 is 0 Å². The van der Waals surface area contributed by atoms with Crippen molar-refractivity contribution in [2.75, 3.05) is 6.61 Å². The first-order valence-corrected chi connectivity index (χ1v) is 6.25. The van der Waals surface area contributed by atoms with Crippen molar-refractivity contribution in [1.29, 1.82) is 0 Å². The van der Waals surface area contributed by atoms with Crippen molar-refractivity contribution in [3.05, 3.63) is 35.9 Å². The first-order valence-electron chi connectivity index (χ1n) is 6.25. The summed E-state index contributed by atoms with van der Waals surface area (Å²) in [4.78, 5) is 0. The fraction of sp³-hybridized carbons (Fsp3) is 0.571. The molecule has 1 unspecified atom stereocenters. The van der Waals surface area contributed by atoms with Crippen molar-refractivity contribution in [2.24, 2.45) is 0 Å². The van der Waals surface area contributed by atoms with Crippen LogP contribution < -0.4 is 5.32 Å². The van der Waals surface area contributed by atoms with E-state index in [9.17, 15) is 0 Å². The third-order valence-corrected chi connectivity index (χ3v) is 3.59. The van der Waals surface area contributed by atoms with Gasteiger partial charge in [0.15, 0.2) is 0 Å². The normalized spacial score (nSPS) is 26.1. The summed E-state index contributed by atoms with van der Waals surface area (Å²) in [5.41, 5.74) is 1.46.